The molecule has 0 fully saturated rings. The standard InChI is InChI=1S/C17H21BrN2/c1-13-3-6-16(18)11-15(13)9-10-20-12-14-4-7-17(19-2)8-5-14/h3-8,11,19-20H,9-10,12H2,1-2H3. The SMILES string of the molecule is CNc1ccc(CNCCc2cc(Br)ccc2C)cc1. The maximum atomic E-state index is 3.53. The summed E-state index contributed by atoms with van der Waals surface area (Å²) in [5.41, 5.74) is 5.22. The van der Waals surface area contributed by atoms with E-state index >= 15 is 0 Å². The Hall–Kier alpha value is -1.32. The highest BCUT2D eigenvalue weighted by Crippen LogP contribution is 2.16. The second-order valence-corrected chi connectivity index (χ2v) is 5.86. The largest absolute Gasteiger partial charge is 0.388 e. The summed E-state index contributed by atoms with van der Waals surface area (Å²) in [6.07, 6.45) is 1.06. The van der Waals surface area contributed by atoms with Gasteiger partial charge in [-0.05, 0) is 60.8 Å². The molecule has 0 bridgehead atoms. The van der Waals surface area contributed by atoms with Crippen LogP contribution in [0.1, 0.15) is 16.7 Å². The highest BCUT2D eigenvalue weighted by molar-refractivity contribution is 9.10. The third-order valence-electron chi connectivity index (χ3n) is 3.45. The molecule has 0 amide bonds. The average molecular weight is 333 g/mol. The highest BCUT2D eigenvalue weighted by Gasteiger charge is 1.99. The van der Waals surface area contributed by atoms with E-state index in [2.05, 4.69) is 76.0 Å². The minimum absolute atomic E-state index is 0.914. The zero-order chi connectivity index (χ0) is 14.4. The van der Waals surface area contributed by atoms with Gasteiger partial charge in [0, 0.05) is 23.8 Å². The van der Waals surface area contributed by atoms with Crippen molar-refractivity contribution in [1.82, 2.24) is 5.32 Å². The number of hydrogen-bond donors (Lipinski definition) is 2. The molecule has 0 aliphatic carbocycles. The number of nitrogens with one attached hydrogen (secondary N) is 2. The molecular formula is C17H21BrN2. The van der Waals surface area contributed by atoms with Crippen LogP contribution in [0, 0.1) is 6.92 Å². The van der Waals surface area contributed by atoms with Crippen LogP contribution in [0.2, 0.25) is 0 Å². The molecule has 0 heterocycles. The van der Waals surface area contributed by atoms with Crippen LogP contribution in [0.4, 0.5) is 5.69 Å². The van der Waals surface area contributed by atoms with E-state index in [9.17, 15) is 0 Å². The third-order valence-corrected chi connectivity index (χ3v) is 3.95. The van der Waals surface area contributed by atoms with E-state index in [0.29, 0.717) is 0 Å². The van der Waals surface area contributed by atoms with Crippen molar-refractivity contribution < 1.29 is 0 Å². The van der Waals surface area contributed by atoms with Crippen molar-refractivity contribution >= 4 is 21.6 Å². The summed E-state index contributed by atoms with van der Waals surface area (Å²) in [5.74, 6) is 0. The van der Waals surface area contributed by atoms with Crippen LogP contribution >= 0.6 is 15.9 Å². The van der Waals surface area contributed by atoms with Gasteiger partial charge in [0.25, 0.3) is 0 Å². The van der Waals surface area contributed by atoms with Crippen LogP contribution in [0.15, 0.2) is 46.9 Å². The maximum Gasteiger partial charge on any atom is 0.0337 e. The minimum Gasteiger partial charge on any atom is -0.388 e. The van der Waals surface area contributed by atoms with Crippen LogP contribution in [-0.2, 0) is 13.0 Å². The molecule has 20 heavy (non-hydrogen) atoms. The monoisotopic (exact) mass is 332 g/mol. The smallest absolute Gasteiger partial charge is 0.0337 e. The quantitative estimate of drug-likeness (QED) is 0.777. The van der Waals surface area contributed by atoms with Gasteiger partial charge in [-0.1, -0.05) is 34.1 Å². The summed E-state index contributed by atoms with van der Waals surface area (Å²) in [6.45, 7) is 4.07. The first-order valence-corrected chi connectivity index (χ1v) is 7.71. The van der Waals surface area contributed by atoms with E-state index in [1.54, 1.807) is 0 Å². The van der Waals surface area contributed by atoms with Gasteiger partial charge >= 0.3 is 0 Å². The molecule has 0 spiro atoms. The normalized spacial score (nSPS) is 10.6. The number of anilines is 1. The topological polar surface area (TPSA) is 24.1 Å². The van der Waals surface area contributed by atoms with E-state index in [-0.39, 0.29) is 0 Å². The molecule has 3 heteroatoms. The first kappa shape index (κ1) is 15.1. The number of hydrogen-bond acceptors (Lipinski definition) is 2. The third kappa shape index (κ3) is 4.36. The lowest BCUT2D eigenvalue weighted by atomic mass is 10.1. The van der Waals surface area contributed by atoms with Gasteiger partial charge in [-0.2, -0.15) is 0 Å². The molecule has 0 atom stereocenters. The second-order valence-electron chi connectivity index (χ2n) is 4.94. The van der Waals surface area contributed by atoms with Crippen molar-refractivity contribution in [3.8, 4) is 0 Å². The van der Waals surface area contributed by atoms with Gasteiger partial charge in [0.2, 0.25) is 0 Å². The molecule has 2 aromatic rings. The van der Waals surface area contributed by atoms with Crippen LogP contribution in [0.25, 0.3) is 0 Å². The van der Waals surface area contributed by atoms with E-state index in [1.807, 2.05) is 7.05 Å². The van der Waals surface area contributed by atoms with Crippen LogP contribution in [0.3, 0.4) is 0 Å². The molecule has 0 aromatic heterocycles. The molecule has 0 saturated heterocycles. The molecule has 0 radical (unpaired) electrons. The molecule has 2 nitrogen and oxygen atoms in total. The second kappa shape index (κ2) is 7.46. The predicted octanol–water partition coefficient (Wildman–Crippen LogP) is 4.13. The molecule has 106 valence electrons. The maximum absolute atomic E-state index is 3.53. The first-order valence-electron chi connectivity index (χ1n) is 6.91. The van der Waals surface area contributed by atoms with E-state index in [4.69, 9.17) is 0 Å². The lowest BCUT2D eigenvalue weighted by Crippen LogP contribution is -2.17. The fraction of sp³-hybridized carbons (Fsp3) is 0.294. The van der Waals surface area contributed by atoms with Crippen molar-refractivity contribution in [2.24, 2.45) is 0 Å². The van der Waals surface area contributed by atoms with Crippen molar-refractivity contribution in [2.75, 3.05) is 18.9 Å². The van der Waals surface area contributed by atoms with Crippen molar-refractivity contribution in [3.63, 3.8) is 0 Å². The Balaban J connectivity index is 1.79. The van der Waals surface area contributed by atoms with Crippen molar-refractivity contribution in [3.05, 3.63) is 63.6 Å². The average Bonchev–Trinajstić information content (AvgIpc) is 2.47. The van der Waals surface area contributed by atoms with Gasteiger partial charge in [0.15, 0.2) is 0 Å². The van der Waals surface area contributed by atoms with E-state index in [0.717, 1.165) is 29.7 Å². The Labute approximate surface area is 129 Å². The summed E-state index contributed by atoms with van der Waals surface area (Å²) >= 11 is 3.53. The summed E-state index contributed by atoms with van der Waals surface area (Å²) in [5, 5.41) is 6.63. The minimum atomic E-state index is 0.914. The van der Waals surface area contributed by atoms with E-state index in [1.165, 1.54) is 16.7 Å². The fourth-order valence-corrected chi connectivity index (χ4v) is 2.56. The van der Waals surface area contributed by atoms with Gasteiger partial charge in [-0.25, -0.2) is 0 Å². The molecule has 0 aliphatic rings. The Bertz CT molecular complexity index is 549. The van der Waals surface area contributed by atoms with E-state index < -0.39 is 0 Å². The molecular weight excluding hydrogens is 312 g/mol. The Morgan fingerprint density at radius 2 is 1.80 bits per heavy atom. The molecule has 2 N–H and O–H groups in total. The van der Waals surface area contributed by atoms with Gasteiger partial charge < -0.3 is 10.6 Å². The summed E-state index contributed by atoms with van der Waals surface area (Å²) in [4.78, 5) is 0. The van der Waals surface area contributed by atoms with Crippen molar-refractivity contribution in [2.45, 2.75) is 19.9 Å². The lowest BCUT2D eigenvalue weighted by Gasteiger charge is -2.09. The number of benzene rings is 2. The predicted molar refractivity (Wildman–Crippen MR) is 90.3 cm³/mol. The Morgan fingerprint density at radius 3 is 2.50 bits per heavy atom. The molecule has 0 aliphatic heterocycles. The van der Waals surface area contributed by atoms with Crippen LogP contribution in [-0.4, -0.2) is 13.6 Å². The Morgan fingerprint density at radius 1 is 1.05 bits per heavy atom. The Kier molecular flexibility index (Phi) is 5.62. The van der Waals surface area contributed by atoms with Gasteiger partial charge in [-0.15, -0.1) is 0 Å². The summed E-state index contributed by atoms with van der Waals surface area (Å²) in [7, 11) is 1.94. The number of rotatable bonds is 6. The zero-order valence-electron chi connectivity index (χ0n) is 12.0. The summed E-state index contributed by atoms with van der Waals surface area (Å²) < 4.78 is 1.15. The molecule has 0 saturated carbocycles. The van der Waals surface area contributed by atoms with Crippen LogP contribution < -0.4 is 10.6 Å². The molecule has 0 unspecified atom stereocenters. The van der Waals surface area contributed by atoms with Crippen LogP contribution in [0.5, 0.6) is 0 Å². The first-order chi connectivity index (χ1) is 9.69. The molecule has 2 rings (SSSR count). The van der Waals surface area contributed by atoms with Gasteiger partial charge in [0.1, 0.15) is 0 Å². The highest BCUT2D eigenvalue weighted by atomic mass is 79.9. The number of aryl methyl sites for hydroxylation is 1. The van der Waals surface area contributed by atoms with Gasteiger partial charge in [-0.3, -0.25) is 0 Å². The summed E-state index contributed by atoms with van der Waals surface area (Å²) in [6, 6.07) is 15.0. The number of halogens is 1. The van der Waals surface area contributed by atoms with Gasteiger partial charge in [0.05, 0.1) is 0 Å². The fourth-order valence-electron chi connectivity index (χ4n) is 2.15. The molecule has 2 aromatic carbocycles. The zero-order valence-corrected chi connectivity index (χ0v) is 13.6. The lowest BCUT2D eigenvalue weighted by molar-refractivity contribution is 0.685. The van der Waals surface area contributed by atoms with Crippen molar-refractivity contribution in [1.29, 1.82) is 0 Å².